The van der Waals surface area contributed by atoms with Gasteiger partial charge < -0.3 is 0 Å². The molecule has 0 heterocycles. The molecule has 0 unspecified atom stereocenters. The van der Waals surface area contributed by atoms with Crippen LogP contribution in [0.4, 0.5) is 0 Å². The Morgan fingerprint density at radius 2 is 1.56 bits per heavy atom. The third kappa shape index (κ3) is 3.13. The van der Waals surface area contributed by atoms with Crippen LogP contribution in [-0.4, -0.2) is 8.07 Å². The van der Waals surface area contributed by atoms with Gasteiger partial charge in [0.2, 0.25) is 0 Å². The van der Waals surface area contributed by atoms with Crippen molar-refractivity contribution in [1.29, 1.82) is 0 Å². The third-order valence-electron chi connectivity index (χ3n) is 3.37. The van der Waals surface area contributed by atoms with Crippen LogP contribution in [0.5, 0.6) is 0 Å². The fourth-order valence-corrected chi connectivity index (χ4v) is 26.7. The average Bonchev–Trinajstić information content (AvgIpc) is 2.83. The van der Waals surface area contributed by atoms with Crippen LogP contribution in [0.3, 0.4) is 0 Å². The summed E-state index contributed by atoms with van der Waals surface area (Å²) >= 11 is -1.67. The SMILES string of the molecule is C[Si](C)([CH2][Pt]([CH3])([CH3])[CH]1C=CC=C1)c1ccccc1. The second kappa shape index (κ2) is 5.31. The van der Waals surface area contributed by atoms with Gasteiger partial charge >= 0.3 is 116 Å². The third-order valence-corrected chi connectivity index (χ3v) is 23.6. The van der Waals surface area contributed by atoms with Gasteiger partial charge in [0, 0.05) is 0 Å². The zero-order chi connectivity index (χ0) is 13.2. The molecule has 0 amide bonds. The molecule has 1 aliphatic carbocycles. The molecule has 0 saturated heterocycles. The van der Waals surface area contributed by atoms with E-state index in [0.717, 1.165) is 4.31 Å². The van der Waals surface area contributed by atoms with Crippen molar-refractivity contribution in [3.63, 3.8) is 0 Å². The van der Waals surface area contributed by atoms with Gasteiger partial charge in [0.25, 0.3) is 0 Å². The van der Waals surface area contributed by atoms with E-state index >= 15 is 0 Å². The van der Waals surface area contributed by atoms with E-state index in [2.05, 4.69) is 78.4 Å². The van der Waals surface area contributed by atoms with Crippen LogP contribution in [-0.2, 0) is 16.1 Å². The quantitative estimate of drug-likeness (QED) is 0.596. The Hall–Kier alpha value is -0.395. The van der Waals surface area contributed by atoms with E-state index in [1.807, 2.05) is 0 Å². The van der Waals surface area contributed by atoms with Crippen molar-refractivity contribution in [3.8, 4) is 0 Å². The summed E-state index contributed by atoms with van der Waals surface area (Å²) in [4.78, 5) is 0. The Kier molecular flexibility index (Phi) is 4.13. The molecular formula is C16H24PtSi. The van der Waals surface area contributed by atoms with Crippen molar-refractivity contribution in [2.45, 2.75) is 32.5 Å². The van der Waals surface area contributed by atoms with E-state index < -0.39 is 24.1 Å². The van der Waals surface area contributed by atoms with Crippen LogP contribution in [0.2, 0.25) is 32.5 Å². The van der Waals surface area contributed by atoms with E-state index in [9.17, 15) is 0 Å². The van der Waals surface area contributed by atoms with Gasteiger partial charge in [-0.05, 0) is 0 Å². The summed E-state index contributed by atoms with van der Waals surface area (Å²) in [5, 5.41) is 6.80. The van der Waals surface area contributed by atoms with Gasteiger partial charge in [-0.2, -0.15) is 0 Å². The maximum absolute atomic E-state index is 2.59. The molecule has 0 atom stereocenters. The molecule has 0 N–H and O–H groups in total. The normalized spacial score (nSPS) is 17.3. The molecule has 0 bridgehead atoms. The Bertz CT molecular complexity index is 445. The van der Waals surface area contributed by atoms with Crippen LogP contribution in [0, 0.1) is 0 Å². The van der Waals surface area contributed by atoms with Crippen molar-refractivity contribution in [1.82, 2.24) is 0 Å². The molecule has 2 rings (SSSR count). The molecule has 1 aromatic carbocycles. The molecule has 0 radical (unpaired) electrons. The van der Waals surface area contributed by atoms with E-state index in [4.69, 9.17) is 0 Å². The first-order chi connectivity index (χ1) is 8.42. The second-order valence-corrected chi connectivity index (χ2v) is 23.3. The molecule has 102 valence electrons. The monoisotopic (exact) mass is 439 g/mol. The minimum atomic E-state index is -1.67. The molecule has 0 saturated carbocycles. The summed E-state index contributed by atoms with van der Waals surface area (Å²) in [5.74, 6) is 0. The fraction of sp³-hybridized carbons (Fsp3) is 0.375. The van der Waals surface area contributed by atoms with Gasteiger partial charge in [-0.1, -0.05) is 0 Å². The zero-order valence-corrected chi connectivity index (χ0v) is 15.1. The Morgan fingerprint density at radius 3 is 2.11 bits per heavy atom. The van der Waals surface area contributed by atoms with Gasteiger partial charge in [-0.3, -0.25) is 0 Å². The second-order valence-electron chi connectivity index (χ2n) is 5.79. The number of hydrogen-bond acceptors (Lipinski definition) is 0. The molecule has 0 nitrogen and oxygen atoms in total. The molecular weight excluding hydrogens is 415 g/mol. The van der Waals surface area contributed by atoms with Gasteiger partial charge in [0.1, 0.15) is 0 Å². The summed E-state index contributed by atoms with van der Waals surface area (Å²) in [6, 6.07) is 11.2. The van der Waals surface area contributed by atoms with Crippen molar-refractivity contribution >= 4 is 13.3 Å². The molecule has 1 aliphatic rings. The summed E-state index contributed by atoms with van der Waals surface area (Å²) in [6.07, 6.45) is 9.30. The van der Waals surface area contributed by atoms with Crippen molar-refractivity contribution in [2.24, 2.45) is 0 Å². The number of rotatable bonds is 4. The van der Waals surface area contributed by atoms with Crippen LogP contribution in [0.25, 0.3) is 0 Å². The topological polar surface area (TPSA) is 0 Å². The minimum absolute atomic E-state index is 0.785. The van der Waals surface area contributed by atoms with Crippen LogP contribution in [0.1, 0.15) is 0 Å². The number of benzene rings is 1. The molecule has 0 aliphatic heterocycles. The Morgan fingerprint density at radius 1 is 1.00 bits per heavy atom. The first kappa shape index (κ1) is 14.0. The molecule has 2 heteroatoms. The van der Waals surface area contributed by atoms with E-state index in [1.165, 1.54) is 4.43 Å². The molecule has 18 heavy (non-hydrogen) atoms. The van der Waals surface area contributed by atoms with E-state index in [-0.39, 0.29) is 0 Å². The first-order valence-electron chi connectivity index (χ1n) is 6.22. The number of hydrogen-bond donors (Lipinski definition) is 0. The van der Waals surface area contributed by atoms with Gasteiger partial charge in [-0.25, -0.2) is 0 Å². The molecule has 0 fully saturated rings. The van der Waals surface area contributed by atoms with Crippen molar-refractivity contribution in [3.05, 3.63) is 54.6 Å². The Labute approximate surface area is 116 Å². The summed E-state index contributed by atoms with van der Waals surface area (Å²) < 4.78 is 2.29. The van der Waals surface area contributed by atoms with E-state index in [0.29, 0.717) is 0 Å². The van der Waals surface area contributed by atoms with Crippen molar-refractivity contribution < 1.29 is 16.1 Å². The molecule has 1 aromatic rings. The van der Waals surface area contributed by atoms with Gasteiger partial charge in [-0.15, -0.1) is 0 Å². The Balaban J connectivity index is 2.17. The molecule has 0 spiro atoms. The summed E-state index contributed by atoms with van der Waals surface area (Å²) in [6.45, 7) is 5.08. The fourth-order valence-electron chi connectivity index (χ4n) is 2.47. The standard InChI is InChI=1S/C9H13Si.C5H5.2CH3.Pt/c1-10(2,3)9-7-5-4-6-8-9;1-2-4-5-3-1;;;/h4-8H,1H2,2-3H3;1-5H;2*1H3;. The number of allylic oxidation sites excluding steroid dienone is 4. The van der Waals surface area contributed by atoms with Gasteiger partial charge in [0.15, 0.2) is 0 Å². The average molecular weight is 440 g/mol. The van der Waals surface area contributed by atoms with Gasteiger partial charge in [0.05, 0.1) is 0 Å². The van der Waals surface area contributed by atoms with E-state index in [1.54, 1.807) is 5.19 Å². The summed E-state index contributed by atoms with van der Waals surface area (Å²) in [5.41, 5.74) is 0. The molecule has 0 aromatic heterocycles. The first-order valence-corrected chi connectivity index (χ1v) is 16.9. The predicted octanol–water partition coefficient (Wildman–Crippen LogP) is 4.72. The predicted molar refractivity (Wildman–Crippen MR) is 82.1 cm³/mol. The van der Waals surface area contributed by atoms with Crippen LogP contribution < -0.4 is 5.19 Å². The van der Waals surface area contributed by atoms with Crippen LogP contribution in [0.15, 0.2) is 54.6 Å². The summed E-state index contributed by atoms with van der Waals surface area (Å²) in [7, 11) is -1.27. The van der Waals surface area contributed by atoms with Crippen molar-refractivity contribution in [2.75, 3.05) is 0 Å². The zero-order valence-electron chi connectivity index (χ0n) is 11.8. The maximum atomic E-state index is 2.59. The van der Waals surface area contributed by atoms with Crippen LogP contribution >= 0.6 is 0 Å².